The maximum absolute atomic E-state index is 12.7. The third kappa shape index (κ3) is 5.98. The van der Waals surface area contributed by atoms with Crippen LogP contribution in [0.3, 0.4) is 0 Å². The molecule has 172 valence electrons. The fourth-order valence-electron chi connectivity index (χ4n) is 4.17. The molecule has 0 radical (unpaired) electrons. The van der Waals surface area contributed by atoms with Crippen LogP contribution in [0.4, 0.5) is 0 Å². The van der Waals surface area contributed by atoms with Crippen molar-refractivity contribution in [3.05, 3.63) is 29.8 Å². The molecule has 1 amide bonds. The second kappa shape index (κ2) is 10.5. The minimum atomic E-state index is -3.43. The van der Waals surface area contributed by atoms with E-state index in [1.54, 1.807) is 24.3 Å². The fourth-order valence-corrected chi connectivity index (χ4v) is 5.07. The molecule has 1 unspecified atom stereocenters. The Balaban J connectivity index is 1.57. The predicted octanol–water partition coefficient (Wildman–Crippen LogP) is 1.78. The molecule has 2 aliphatic rings. The number of amides is 1. The van der Waals surface area contributed by atoms with Crippen molar-refractivity contribution in [3.63, 3.8) is 0 Å². The Morgan fingerprint density at radius 1 is 1.16 bits per heavy atom. The average Bonchev–Trinajstić information content (AvgIpc) is 3.44. The number of likely N-dealkylation sites (tertiary alicyclic amines) is 1. The third-order valence-corrected chi connectivity index (χ3v) is 7.84. The highest BCUT2D eigenvalue weighted by molar-refractivity contribution is 7.89. The van der Waals surface area contributed by atoms with Gasteiger partial charge < -0.3 is 15.5 Å². The Bertz CT molecular complexity index is 877. The molecule has 1 atom stereocenters. The number of guanidine groups is 1. The maximum atomic E-state index is 12.7. The van der Waals surface area contributed by atoms with Crippen LogP contribution in [0.25, 0.3) is 0 Å². The predicted molar refractivity (Wildman–Crippen MR) is 122 cm³/mol. The van der Waals surface area contributed by atoms with Crippen molar-refractivity contribution >= 4 is 21.9 Å². The first-order valence-corrected chi connectivity index (χ1v) is 12.6. The molecule has 8 nitrogen and oxygen atoms in total. The van der Waals surface area contributed by atoms with Crippen molar-refractivity contribution in [2.45, 2.75) is 56.5 Å². The number of rotatable bonds is 7. The van der Waals surface area contributed by atoms with Gasteiger partial charge >= 0.3 is 0 Å². The summed E-state index contributed by atoms with van der Waals surface area (Å²) in [5.74, 6) is 1.25. The molecule has 1 aromatic rings. The molecule has 1 aromatic carbocycles. The van der Waals surface area contributed by atoms with Crippen LogP contribution in [-0.2, 0) is 21.4 Å². The van der Waals surface area contributed by atoms with Gasteiger partial charge in [-0.25, -0.2) is 17.7 Å². The molecular formula is C22H35N5O3S. The van der Waals surface area contributed by atoms with Crippen molar-refractivity contribution in [2.75, 3.05) is 33.7 Å². The van der Waals surface area contributed by atoms with Crippen LogP contribution in [0.1, 0.15) is 44.6 Å². The Labute approximate surface area is 186 Å². The lowest BCUT2D eigenvalue weighted by atomic mass is 10.1. The van der Waals surface area contributed by atoms with Gasteiger partial charge in [-0.1, -0.05) is 25.0 Å². The number of nitrogens with zero attached hydrogens (tertiary/aromatic N) is 3. The van der Waals surface area contributed by atoms with E-state index in [-0.39, 0.29) is 16.9 Å². The molecule has 2 N–H and O–H groups in total. The summed E-state index contributed by atoms with van der Waals surface area (Å²) in [6, 6.07) is 7.01. The van der Waals surface area contributed by atoms with Crippen molar-refractivity contribution in [2.24, 2.45) is 10.9 Å². The summed E-state index contributed by atoms with van der Waals surface area (Å²) in [6.45, 7) is 4.71. The standard InChI is InChI=1S/C22H35N5O3S/c1-4-23-22(24-15-17-9-11-20(12-10-17)31(29,30)26(2)3)25-19-13-14-27(16-19)21(28)18-7-5-6-8-18/h9-12,18-19H,4-8,13-16H2,1-3H3,(H2,23,24,25). The summed E-state index contributed by atoms with van der Waals surface area (Å²) in [6.07, 6.45) is 5.33. The number of sulfonamides is 1. The van der Waals surface area contributed by atoms with Gasteiger partial charge in [0.25, 0.3) is 0 Å². The molecule has 1 saturated carbocycles. The maximum Gasteiger partial charge on any atom is 0.242 e. The highest BCUT2D eigenvalue weighted by Crippen LogP contribution is 2.27. The molecule has 1 heterocycles. The summed E-state index contributed by atoms with van der Waals surface area (Å²) >= 11 is 0. The third-order valence-electron chi connectivity index (χ3n) is 6.01. The quantitative estimate of drug-likeness (QED) is 0.489. The fraction of sp³-hybridized carbons (Fsp3) is 0.636. The van der Waals surface area contributed by atoms with Crippen LogP contribution in [0.15, 0.2) is 34.2 Å². The smallest absolute Gasteiger partial charge is 0.242 e. The Morgan fingerprint density at radius 3 is 2.45 bits per heavy atom. The summed E-state index contributed by atoms with van der Waals surface area (Å²) in [5.41, 5.74) is 0.930. The number of carbonyl (C=O) groups excluding carboxylic acids is 1. The molecule has 0 bridgehead atoms. The average molecular weight is 450 g/mol. The molecule has 1 aliphatic heterocycles. The molecule has 2 fully saturated rings. The van der Waals surface area contributed by atoms with Gasteiger partial charge in [-0.15, -0.1) is 0 Å². The number of hydrogen-bond acceptors (Lipinski definition) is 4. The Hall–Kier alpha value is -2.13. The van der Waals surface area contributed by atoms with E-state index >= 15 is 0 Å². The minimum Gasteiger partial charge on any atom is -0.357 e. The van der Waals surface area contributed by atoms with Crippen molar-refractivity contribution in [3.8, 4) is 0 Å². The number of nitrogens with one attached hydrogen (secondary N) is 2. The van der Waals surface area contributed by atoms with Gasteiger partial charge in [0.2, 0.25) is 15.9 Å². The van der Waals surface area contributed by atoms with E-state index in [1.165, 1.54) is 31.2 Å². The number of hydrogen-bond donors (Lipinski definition) is 2. The summed E-state index contributed by atoms with van der Waals surface area (Å²) < 4.78 is 25.6. The van der Waals surface area contributed by atoms with Crippen LogP contribution >= 0.6 is 0 Å². The summed E-state index contributed by atoms with van der Waals surface area (Å²) in [5, 5.41) is 6.72. The lowest BCUT2D eigenvalue weighted by Crippen LogP contribution is -2.45. The van der Waals surface area contributed by atoms with Gasteiger partial charge in [-0.2, -0.15) is 0 Å². The van der Waals surface area contributed by atoms with Gasteiger partial charge in [-0.3, -0.25) is 4.79 Å². The van der Waals surface area contributed by atoms with E-state index in [0.717, 1.165) is 44.5 Å². The van der Waals surface area contributed by atoms with Crippen LogP contribution in [-0.4, -0.2) is 69.3 Å². The summed E-state index contributed by atoms with van der Waals surface area (Å²) in [4.78, 5) is 19.6. The molecule has 9 heteroatoms. The monoisotopic (exact) mass is 449 g/mol. The second-order valence-corrected chi connectivity index (χ2v) is 10.7. The Morgan fingerprint density at radius 2 is 1.84 bits per heavy atom. The largest absolute Gasteiger partial charge is 0.357 e. The van der Waals surface area contributed by atoms with Crippen molar-refractivity contribution in [1.29, 1.82) is 0 Å². The van der Waals surface area contributed by atoms with E-state index < -0.39 is 10.0 Å². The first-order chi connectivity index (χ1) is 14.8. The molecule has 1 aliphatic carbocycles. The number of carbonyl (C=O) groups is 1. The van der Waals surface area contributed by atoms with E-state index in [0.29, 0.717) is 18.4 Å². The zero-order chi connectivity index (χ0) is 22.4. The zero-order valence-electron chi connectivity index (χ0n) is 18.8. The highest BCUT2D eigenvalue weighted by Gasteiger charge is 2.32. The molecule has 0 spiro atoms. The molecule has 1 saturated heterocycles. The topological polar surface area (TPSA) is 94.1 Å². The van der Waals surface area contributed by atoms with Gasteiger partial charge in [0.15, 0.2) is 5.96 Å². The number of aliphatic imine (C=N–C) groups is 1. The van der Waals surface area contributed by atoms with Crippen molar-refractivity contribution in [1.82, 2.24) is 19.8 Å². The number of benzene rings is 1. The first-order valence-electron chi connectivity index (χ1n) is 11.2. The van der Waals surface area contributed by atoms with Crippen LogP contribution in [0.5, 0.6) is 0 Å². The Kier molecular flexibility index (Phi) is 7.94. The second-order valence-electron chi connectivity index (χ2n) is 8.52. The van der Waals surface area contributed by atoms with Crippen molar-refractivity contribution < 1.29 is 13.2 Å². The molecule has 31 heavy (non-hydrogen) atoms. The van der Waals surface area contributed by atoms with Crippen LogP contribution < -0.4 is 10.6 Å². The molecule has 3 rings (SSSR count). The highest BCUT2D eigenvalue weighted by atomic mass is 32.2. The lowest BCUT2D eigenvalue weighted by molar-refractivity contribution is -0.134. The normalized spacial score (nSPS) is 20.5. The van der Waals surface area contributed by atoms with Crippen LogP contribution in [0.2, 0.25) is 0 Å². The van der Waals surface area contributed by atoms with E-state index in [2.05, 4.69) is 15.6 Å². The zero-order valence-corrected chi connectivity index (χ0v) is 19.6. The van der Waals surface area contributed by atoms with E-state index in [4.69, 9.17) is 0 Å². The van der Waals surface area contributed by atoms with Gasteiger partial charge in [0.05, 0.1) is 11.4 Å². The van der Waals surface area contributed by atoms with Gasteiger partial charge in [0.1, 0.15) is 0 Å². The molecular weight excluding hydrogens is 414 g/mol. The molecule has 0 aromatic heterocycles. The summed E-state index contributed by atoms with van der Waals surface area (Å²) in [7, 11) is -0.385. The SMILES string of the molecule is CCNC(=NCc1ccc(S(=O)(=O)N(C)C)cc1)NC1CCN(C(=O)C2CCCC2)C1. The van der Waals surface area contributed by atoms with Crippen LogP contribution in [0, 0.1) is 5.92 Å². The van der Waals surface area contributed by atoms with E-state index in [9.17, 15) is 13.2 Å². The van der Waals surface area contributed by atoms with Gasteiger partial charge in [0, 0.05) is 45.7 Å². The van der Waals surface area contributed by atoms with Gasteiger partial charge in [-0.05, 0) is 43.9 Å². The van der Waals surface area contributed by atoms with E-state index in [1.807, 2.05) is 11.8 Å². The lowest BCUT2D eigenvalue weighted by Gasteiger charge is -2.21. The first kappa shape index (κ1) is 23.5. The minimum absolute atomic E-state index is 0.191.